The molecule has 0 unspecified atom stereocenters. The standard InChI is InChI=1S/C12H11ClN2OS2/c1-17-9-6-4-3-5-8(9)16-11-7-10(13)14-12(15-11)18-2/h3-7H,1-2H3. The third-order valence-corrected chi connectivity index (χ3v) is 3.64. The van der Waals surface area contributed by atoms with Crippen LogP contribution in [0, 0.1) is 0 Å². The Hall–Kier alpha value is -0.910. The Bertz CT molecular complexity index is 551. The summed E-state index contributed by atoms with van der Waals surface area (Å²) < 4.78 is 5.75. The highest BCUT2D eigenvalue weighted by molar-refractivity contribution is 7.98. The molecule has 0 amide bonds. The second kappa shape index (κ2) is 6.31. The maximum absolute atomic E-state index is 5.92. The number of para-hydroxylation sites is 1. The van der Waals surface area contributed by atoms with Gasteiger partial charge in [0.1, 0.15) is 10.9 Å². The summed E-state index contributed by atoms with van der Waals surface area (Å²) >= 11 is 8.97. The average Bonchev–Trinajstić information content (AvgIpc) is 2.38. The molecule has 0 saturated carbocycles. The van der Waals surface area contributed by atoms with Crippen molar-refractivity contribution in [2.24, 2.45) is 0 Å². The van der Waals surface area contributed by atoms with Crippen LogP contribution in [0.5, 0.6) is 11.6 Å². The summed E-state index contributed by atoms with van der Waals surface area (Å²) in [6, 6.07) is 9.41. The van der Waals surface area contributed by atoms with Crippen LogP contribution in [0.3, 0.4) is 0 Å². The van der Waals surface area contributed by atoms with Gasteiger partial charge >= 0.3 is 0 Å². The van der Waals surface area contributed by atoms with Gasteiger partial charge in [-0.25, -0.2) is 4.98 Å². The number of ether oxygens (including phenoxy) is 1. The predicted molar refractivity (Wildman–Crippen MR) is 77.1 cm³/mol. The van der Waals surface area contributed by atoms with Gasteiger partial charge in [0.2, 0.25) is 5.88 Å². The molecule has 18 heavy (non-hydrogen) atoms. The molecular weight excluding hydrogens is 288 g/mol. The van der Waals surface area contributed by atoms with Gasteiger partial charge in [0.15, 0.2) is 5.16 Å². The van der Waals surface area contributed by atoms with Gasteiger partial charge in [-0.1, -0.05) is 35.5 Å². The molecule has 0 atom stereocenters. The fraction of sp³-hybridized carbons (Fsp3) is 0.167. The highest BCUT2D eigenvalue weighted by Gasteiger charge is 2.07. The summed E-state index contributed by atoms with van der Waals surface area (Å²) in [7, 11) is 0. The molecule has 6 heteroatoms. The SMILES string of the molecule is CSc1nc(Cl)cc(Oc2ccccc2SC)n1. The number of hydrogen-bond acceptors (Lipinski definition) is 5. The van der Waals surface area contributed by atoms with Crippen LogP contribution in [-0.4, -0.2) is 22.5 Å². The van der Waals surface area contributed by atoms with Crippen LogP contribution in [0.25, 0.3) is 0 Å². The minimum atomic E-state index is 0.381. The molecule has 2 aromatic rings. The summed E-state index contributed by atoms with van der Waals surface area (Å²) in [4.78, 5) is 9.38. The van der Waals surface area contributed by atoms with E-state index in [9.17, 15) is 0 Å². The lowest BCUT2D eigenvalue weighted by Crippen LogP contribution is -1.93. The largest absolute Gasteiger partial charge is 0.438 e. The molecule has 1 heterocycles. The molecule has 0 aliphatic rings. The second-order valence-electron chi connectivity index (χ2n) is 3.27. The first-order chi connectivity index (χ1) is 8.72. The molecule has 1 aromatic heterocycles. The summed E-state index contributed by atoms with van der Waals surface area (Å²) in [6.07, 6.45) is 3.90. The quantitative estimate of drug-likeness (QED) is 0.476. The maximum Gasteiger partial charge on any atom is 0.224 e. The van der Waals surface area contributed by atoms with Crippen molar-refractivity contribution in [1.29, 1.82) is 0 Å². The van der Waals surface area contributed by atoms with Crippen molar-refractivity contribution in [3.63, 3.8) is 0 Å². The van der Waals surface area contributed by atoms with E-state index in [4.69, 9.17) is 16.3 Å². The van der Waals surface area contributed by atoms with E-state index in [0.717, 1.165) is 10.6 Å². The van der Waals surface area contributed by atoms with Gasteiger partial charge in [-0.3, -0.25) is 0 Å². The molecule has 0 aliphatic carbocycles. The first-order valence-corrected chi connectivity index (χ1v) is 7.95. The zero-order chi connectivity index (χ0) is 13.0. The van der Waals surface area contributed by atoms with E-state index in [1.54, 1.807) is 17.8 Å². The lowest BCUT2D eigenvalue weighted by Gasteiger charge is -2.09. The molecule has 0 bridgehead atoms. The summed E-state index contributed by atoms with van der Waals surface area (Å²) in [5, 5.41) is 0.977. The molecular formula is C12H11ClN2OS2. The lowest BCUT2D eigenvalue weighted by atomic mass is 10.3. The highest BCUT2D eigenvalue weighted by Crippen LogP contribution is 2.31. The van der Waals surface area contributed by atoms with Gasteiger partial charge in [0.05, 0.1) is 0 Å². The Morgan fingerprint density at radius 1 is 1.11 bits per heavy atom. The number of halogens is 1. The van der Waals surface area contributed by atoms with Crippen molar-refractivity contribution in [1.82, 2.24) is 9.97 Å². The van der Waals surface area contributed by atoms with E-state index in [1.165, 1.54) is 11.8 Å². The minimum absolute atomic E-state index is 0.381. The van der Waals surface area contributed by atoms with E-state index < -0.39 is 0 Å². The van der Waals surface area contributed by atoms with Gasteiger partial charge in [-0.2, -0.15) is 4.98 Å². The second-order valence-corrected chi connectivity index (χ2v) is 5.28. The molecule has 94 valence electrons. The summed E-state index contributed by atoms with van der Waals surface area (Å²) in [5.41, 5.74) is 0. The van der Waals surface area contributed by atoms with Crippen LogP contribution in [0.2, 0.25) is 5.15 Å². The zero-order valence-corrected chi connectivity index (χ0v) is 12.3. The monoisotopic (exact) mass is 298 g/mol. The maximum atomic E-state index is 5.92. The van der Waals surface area contributed by atoms with E-state index in [-0.39, 0.29) is 0 Å². The van der Waals surface area contributed by atoms with E-state index in [2.05, 4.69) is 9.97 Å². The van der Waals surface area contributed by atoms with Crippen molar-refractivity contribution in [2.75, 3.05) is 12.5 Å². The zero-order valence-electron chi connectivity index (χ0n) is 9.88. The van der Waals surface area contributed by atoms with E-state index in [0.29, 0.717) is 16.2 Å². The molecule has 3 nitrogen and oxygen atoms in total. The van der Waals surface area contributed by atoms with Gasteiger partial charge < -0.3 is 4.74 Å². The Labute approximate surface area is 119 Å². The highest BCUT2D eigenvalue weighted by atomic mass is 35.5. The Morgan fingerprint density at radius 3 is 2.61 bits per heavy atom. The van der Waals surface area contributed by atoms with Gasteiger partial charge in [0.25, 0.3) is 0 Å². The number of rotatable bonds is 4. The summed E-state index contributed by atoms with van der Waals surface area (Å²) in [5.74, 6) is 1.23. The van der Waals surface area contributed by atoms with Crippen molar-refractivity contribution < 1.29 is 4.74 Å². The minimum Gasteiger partial charge on any atom is -0.438 e. The Balaban J connectivity index is 2.30. The lowest BCUT2D eigenvalue weighted by molar-refractivity contribution is 0.445. The normalized spacial score (nSPS) is 10.4. The molecule has 1 aromatic carbocycles. The third-order valence-electron chi connectivity index (χ3n) is 2.12. The topological polar surface area (TPSA) is 35.0 Å². The summed E-state index contributed by atoms with van der Waals surface area (Å²) in [6.45, 7) is 0. The molecule has 0 spiro atoms. The fourth-order valence-corrected chi connectivity index (χ4v) is 2.46. The van der Waals surface area contributed by atoms with Crippen LogP contribution in [0.1, 0.15) is 0 Å². The number of thioether (sulfide) groups is 2. The van der Waals surface area contributed by atoms with E-state index in [1.807, 2.05) is 36.8 Å². The van der Waals surface area contributed by atoms with Crippen LogP contribution in [-0.2, 0) is 0 Å². The van der Waals surface area contributed by atoms with Crippen LogP contribution in [0.15, 0.2) is 40.4 Å². The van der Waals surface area contributed by atoms with Crippen molar-refractivity contribution >= 4 is 35.1 Å². The molecule has 0 fully saturated rings. The Kier molecular flexibility index (Phi) is 4.74. The first-order valence-electron chi connectivity index (χ1n) is 5.12. The molecule has 0 saturated heterocycles. The van der Waals surface area contributed by atoms with Crippen molar-refractivity contribution in [3.05, 3.63) is 35.5 Å². The van der Waals surface area contributed by atoms with E-state index >= 15 is 0 Å². The Morgan fingerprint density at radius 2 is 1.89 bits per heavy atom. The molecule has 0 N–H and O–H groups in total. The van der Waals surface area contributed by atoms with Gasteiger partial charge in [-0.05, 0) is 24.6 Å². The van der Waals surface area contributed by atoms with Crippen LogP contribution in [0.4, 0.5) is 0 Å². The number of aromatic nitrogens is 2. The molecule has 2 rings (SSSR count). The molecule has 0 radical (unpaired) electrons. The number of nitrogens with zero attached hydrogens (tertiary/aromatic N) is 2. The van der Waals surface area contributed by atoms with Crippen LogP contribution >= 0.6 is 35.1 Å². The van der Waals surface area contributed by atoms with Gasteiger partial charge in [0, 0.05) is 11.0 Å². The predicted octanol–water partition coefficient (Wildman–Crippen LogP) is 4.37. The number of benzene rings is 1. The van der Waals surface area contributed by atoms with Gasteiger partial charge in [-0.15, -0.1) is 11.8 Å². The van der Waals surface area contributed by atoms with Crippen LogP contribution < -0.4 is 4.74 Å². The fourth-order valence-electron chi connectivity index (χ4n) is 1.34. The first kappa shape index (κ1) is 13.5. The molecule has 0 aliphatic heterocycles. The van der Waals surface area contributed by atoms with Crippen molar-refractivity contribution in [3.8, 4) is 11.6 Å². The average molecular weight is 299 g/mol. The number of hydrogen-bond donors (Lipinski definition) is 0. The smallest absolute Gasteiger partial charge is 0.224 e. The van der Waals surface area contributed by atoms with Crippen molar-refractivity contribution in [2.45, 2.75) is 10.1 Å². The third kappa shape index (κ3) is 3.31.